The average molecular weight is 302 g/mol. The Bertz CT molecular complexity index is 423. The maximum atomic E-state index is 10.3. The Morgan fingerprint density at radius 2 is 1.91 bits per heavy atom. The van der Waals surface area contributed by atoms with E-state index >= 15 is 0 Å². The van der Waals surface area contributed by atoms with E-state index in [1.165, 1.54) is 57.4 Å². The van der Waals surface area contributed by atoms with E-state index in [0.29, 0.717) is 0 Å². The van der Waals surface area contributed by atoms with Gasteiger partial charge in [-0.3, -0.25) is 0 Å². The lowest BCUT2D eigenvalue weighted by atomic mass is 9.87. The Labute approximate surface area is 135 Å². The molecule has 2 nitrogen and oxygen atoms in total. The summed E-state index contributed by atoms with van der Waals surface area (Å²) in [7, 11) is 0. The van der Waals surface area contributed by atoms with E-state index in [-0.39, 0.29) is 0 Å². The molecule has 1 rings (SSSR count). The van der Waals surface area contributed by atoms with Crippen molar-refractivity contribution in [2.24, 2.45) is 11.8 Å². The Morgan fingerprint density at radius 1 is 1.14 bits per heavy atom. The first-order chi connectivity index (χ1) is 10.7. The minimum Gasteiger partial charge on any atom is -0.478 e. The van der Waals surface area contributed by atoms with E-state index in [9.17, 15) is 4.79 Å². The number of carbonyl (C=O) groups is 1. The molecule has 0 aromatic carbocycles. The van der Waals surface area contributed by atoms with E-state index in [1.807, 2.05) is 13.0 Å². The van der Waals surface area contributed by atoms with Crippen LogP contribution in [0.1, 0.15) is 71.1 Å². The minimum absolute atomic E-state index is 0.878. The third-order valence-electron chi connectivity index (χ3n) is 4.56. The van der Waals surface area contributed by atoms with Crippen LogP contribution in [0, 0.1) is 23.7 Å². The monoisotopic (exact) mass is 302 g/mol. The van der Waals surface area contributed by atoms with Gasteiger partial charge in [0.25, 0.3) is 0 Å². The van der Waals surface area contributed by atoms with Crippen molar-refractivity contribution in [3.63, 3.8) is 0 Å². The van der Waals surface area contributed by atoms with Crippen LogP contribution in [0.25, 0.3) is 0 Å². The zero-order valence-corrected chi connectivity index (χ0v) is 13.9. The Morgan fingerprint density at radius 3 is 2.64 bits per heavy atom. The van der Waals surface area contributed by atoms with Crippen molar-refractivity contribution in [3.05, 3.63) is 24.3 Å². The van der Waals surface area contributed by atoms with Gasteiger partial charge < -0.3 is 5.11 Å². The minimum atomic E-state index is -0.884. The van der Waals surface area contributed by atoms with Crippen LogP contribution in [0.3, 0.4) is 0 Å². The van der Waals surface area contributed by atoms with Crippen LogP contribution in [0.2, 0.25) is 0 Å². The van der Waals surface area contributed by atoms with Crippen molar-refractivity contribution in [1.82, 2.24) is 0 Å². The second kappa shape index (κ2) is 12.1. The van der Waals surface area contributed by atoms with Gasteiger partial charge in [0.05, 0.1) is 0 Å². The molecule has 2 atom stereocenters. The summed E-state index contributed by atoms with van der Waals surface area (Å²) < 4.78 is 0. The highest BCUT2D eigenvalue weighted by Crippen LogP contribution is 2.38. The molecular weight excluding hydrogens is 272 g/mol. The summed E-state index contributed by atoms with van der Waals surface area (Å²) in [4.78, 5) is 10.3. The van der Waals surface area contributed by atoms with Gasteiger partial charge in [-0.15, -0.1) is 11.8 Å². The number of rotatable bonds is 10. The highest BCUT2D eigenvalue weighted by molar-refractivity contribution is 5.80. The number of hydrogen-bond acceptors (Lipinski definition) is 1. The number of aliphatic carboxylic acids is 1. The molecule has 0 heterocycles. The lowest BCUT2D eigenvalue weighted by molar-refractivity contribution is -0.131. The molecule has 1 aliphatic carbocycles. The molecule has 22 heavy (non-hydrogen) atoms. The summed E-state index contributed by atoms with van der Waals surface area (Å²) in [6, 6.07) is 0. The molecule has 0 saturated heterocycles. The standard InChI is InChI=1S/C20H30O2/c1-2-3-4-5-6-9-13-18-15-12-16-19(18)14-10-7-8-11-17-20(21)22/h7-8,11,17-19H,4-6,9-10,12-16H2,1H3,(H,21,22)/b8-7+,17-11+/t18-,19-/m0/s1. The van der Waals surface area contributed by atoms with Crippen LogP contribution in [0.5, 0.6) is 0 Å². The summed E-state index contributed by atoms with van der Waals surface area (Å²) in [5.74, 6) is 7.01. The molecule has 2 heteroatoms. The summed E-state index contributed by atoms with van der Waals surface area (Å²) in [6.07, 6.45) is 19.6. The molecule has 1 saturated carbocycles. The van der Waals surface area contributed by atoms with Crippen molar-refractivity contribution >= 4 is 5.97 Å². The Kier molecular flexibility index (Phi) is 10.2. The van der Waals surface area contributed by atoms with Gasteiger partial charge in [-0.05, 0) is 38.0 Å². The lowest BCUT2D eigenvalue weighted by Crippen LogP contribution is -2.07. The molecule has 0 bridgehead atoms. The Balaban J connectivity index is 2.14. The molecule has 0 aromatic heterocycles. The maximum Gasteiger partial charge on any atom is 0.328 e. The smallest absolute Gasteiger partial charge is 0.328 e. The van der Waals surface area contributed by atoms with Crippen LogP contribution >= 0.6 is 0 Å². The van der Waals surface area contributed by atoms with Crippen molar-refractivity contribution in [2.45, 2.75) is 71.1 Å². The molecule has 0 radical (unpaired) electrons. The topological polar surface area (TPSA) is 37.3 Å². The summed E-state index contributed by atoms with van der Waals surface area (Å²) in [5, 5.41) is 8.50. The SMILES string of the molecule is CC#CCCCCC[C@H]1CCC[C@@H]1CC/C=C/C=C/C(=O)O. The molecule has 122 valence electrons. The molecule has 0 aromatic rings. The predicted octanol–water partition coefficient (Wildman–Crippen LogP) is 5.35. The highest BCUT2D eigenvalue weighted by atomic mass is 16.4. The molecule has 0 spiro atoms. The quantitative estimate of drug-likeness (QED) is 0.255. The zero-order chi connectivity index (χ0) is 16.0. The molecule has 1 fully saturated rings. The normalized spacial score (nSPS) is 21.3. The van der Waals surface area contributed by atoms with E-state index in [2.05, 4.69) is 17.9 Å². The highest BCUT2D eigenvalue weighted by Gasteiger charge is 2.25. The molecule has 0 aliphatic heterocycles. The molecule has 0 amide bonds. The van der Waals surface area contributed by atoms with Gasteiger partial charge in [0.2, 0.25) is 0 Å². The van der Waals surface area contributed by atoms with E-state index in [1.54, 1.807) is 6.08 Å². The molecule has 1 N–H and O–H groups in total. The maximum absolute atomic E-state index is 10.3. The average Bonchev–Trinajstić information content (AvgIpc) is 2.93. The van der Waals surface area contributed by atoms with Crippen molar-refractivity contribution in [2.75, 3.05) is 0 Å². The Hall–Kier alpha value is -1.49. The molecule has 0 unspecified atom stereocenters. The van der Waals surface area contributed by atoms with Gasteiger partial charge in [-0.2, -0.15) is 0 Å². The fourth-order valence-electron chi connectivity index (χ4n) is 3.42. The van der Waals surface area contributed by atoms with Gasteiger partial charge >= 0.3 is 5.97 Å². The van der Waals surface area contributed by atoms with E-state index < -0.39 is 5.97 Å². The second-order valence-electron chi connectivity index (χ2n) is 6.18. The van der Waals surface area contributed by atoms with Gasteiger partial charge in [-0.1, -0.05) is 56.8 Å². The number of carboxylic acid groups (broad SMARTS) is 1. The van der Waals surface area contributed by atoms with Gasteiger partial charge in [0, 0.05) is 12.5 Å². The first-order valence-corrected chi connectivity index (χ1v) is 8.69. The van der Waals surface area contributed by atoms with Crippen LogP contribution in [-0.2, 0) is 4.79 Å². The van der Waals surface area contributed by atoms with Crippen LogP contribution in [-0.4, -0.2) is 11.1 Å². The first-order valence-electron chi connectivity index (χ1n) is 8.69. The van der Waals surface area contributed by atoms with Crippen LogP contribution < -0.4 is 0 Å². The summed E-state index contributed by atoms with van der Waals surface area (Å²) >= 11 is 0. The van der Waals surface area contributed by atoms with Crippen molar-refractivity contribution in [1.29, 1.82) is 0 Å². The summed E-state index contributed by atoms with van der Waals surface area (Å²) in [5.41, 5.74) is 0. The fraction of sp³-hybridized carbons (Fsp3) is 0.650. The van der Waals surface area contributed by atoms with Crippen LogP contribution in [0.15, 0.2) is 24.3 Å². The lowest BCUT2D eigenvalue weighted by Gasteiger charge is -2.18. The number of hydrogen-bond donors (Lipinski definition) is 1. The number of carboxylic acids is 1. The van der Waals surface area contributed by atoms with Crippen molar-refractivity contribution in [3.8, 4) is 11.8 Å². The third kappa shape index (κ3) is 8.72. The van der Waals surface area contributed by atoms with Gasteiger partial charge in [0.15, 0.2) is 0 Å². The largest absolute Gasteiger partial charge is 0.478 e. The molecular formula is C20H30O2. The van der Waals surface area contributed by atoms with E-state index in [4.69, 9.17) is 5.11 Å². The predicted molar refractivity (Wildman–Crippen MR) is 92.5 cm³/mol. The summed E-state index contributed by atoms with van der Waals surface area (Å²) in [6.45, 7) is 1.91. The van der Waals surface area contributed by atoms with E-state index in [0.717, 1.165) is 24.7 Å². The number of allylic oxidation sites excluding steroid dienone is 3. The van der Waals surface area contributed by atoms with Crippen molar-refractivity contribution < 1.29 is 9.90 Å². The molecule has 1 aliphatic rings. The van der Waals surface area contributed by atoms with Crippen LogP contribution in [0.4, 0.5) is 0 Å². The fourth-order valence-corrected chi connectivity index (χ4v) is 3.42. The second-order valence-corrected chi connectivity index (χ2v) is 6.18. The van der Waals surface area contributed by atoms with Gasteiger partial charge in [-0.25, -0.2) is 4.79 Å². The zero-order valence-electron chi connectivity index (χ0n) is 13.9. The van der Waals surface area contributed by atoms with Gasteiger partial charge in [0.1, 0.15) is 0 Å². The third-order valence-corrected chi connectivity index (χ3v) is 4.56. The number of unbranched alkanes of at least 4 members (excludes halogenated alkanes) is 3. The first kappa shape index (κ1) is 18.6.